The van der Waals surface area contributed by atoms with E-state index < -0.39 is 35.1 Å². The molecular weight excluding hydrogens is 474 g/mol. The molecule has 4 nitrogen and oxygen atoms in total. The van der Waals surface area contributed by atoms with Gasteiger partial charge in [0, 0.05) is 12.5 Å². The number of halogens is 6. The Hall–Kier alpha value is -2.85. The fourth-order valence-electron chi connectivity index (χ4n) is 4.47. The van der Waals surface area contributed by atoms with Gasteiger partial charge in [-0.25, -0.2) is 0 Å². The monoisotopic (exact) mass is 498 g/mol. The van der Waals surface area contributed by atoms with Crippen LogP contribution in [0.15, 0.2) is 60.7 Å². The molecule has 0 aliphatic carbocycles. The van der Waals surface area contributed by atoms with Crippen LogP contribution < -0.4 is 10.6 Å². The molecule has 2 unspecified atom stereocenters. The third-order valence-corrected chi connectivity index (χ3v) is 6.40. The van der Waals surface area contributed by atoms with Gasteiger partial charge in [0.05, 0.1) is 35.4 Å². The van der Waals surface area contributed by atoms with Crippen molar-refractivity contribution < 1.29 is 35.9 Å². The summed E-state index contributed by atoms with van der Waals surface area (Å²) in [7, 11) is 0. The normalized spacial score (nSPS) is 25.6. The summed E-state index contributed by atoms with van der Waals surface area (Å²) in [6.07, 6.45) is -6.33. The van der Waals surface area contributed by atoms with Crippen LogP contribution in [-0.4, -0.2) is 24.6 Å². The highest BCUT2D eigenvalue weighted by Gasteiger charge is 2.41. The van der Waals surface area contributed by atoms with Gasteiger partial charge in [-0.05, 0) is 42.7 Å². The first kappa shape index (κ1) is 25.2. The molecule has 2 N–H and O–H groups in total. The highest BCUT2D eigenvalue weighted by Crippen LogP contribution is 2.39. The number of nitrogens with one attached hydrogen (secondary N) is 2. The molecule has 0 radical (unpaired) electrons. The molecule has 0 bridgehead atoms. The minimum atomic E-state index is -4.94. The molecule has 0 spiro atoms. The lowest BCUT2D eigenvalue weighted by atomic mass is 9.82. The van der Waals surface area contributed by atoms with Crippen LogP contribution >= 0.6 is 0 Å². The molecular formula is C25H24F6N2O2. The second-order valence-corrected chi connectivity index (χ2v) is 8.87. The van der Waals surface area contributed by atoms with Crippen molar-refractivity contribution in [2.75, 3.05) is 6.61 Å². The minimum Gasteiger partial charge on any atom is -0.371 e. The molecule has 0 saturated carbocycles. The number of piperidine rings is 1. The first-order chi connectivity index (χ1) is 16.4. The van der Waals surface area contributed by atoms with Crippen LogP contribution in [0.4, 0.5) is 26.3 Å². The first-order valence-electron chi connectivity index (χ1n) is 11.1. The van der Waals surface area contributed by atoms with Gasteiger partial charge in [-0.1, -0.05) is 42.5 Å². The SMILES string of the molecule is C[C@@H](OC[C@@]1(c2ccccc2)C=CC2NC(=O)CCC2N1)c1cc(C(F)(F)F)cc(C(F)(F)F)c1. The third kappa shape index (κ3) is 5.54. The van der Waals surface area contributed by atoms with E-state index in [4.69, 9.17) is 4.74 Å². The number of amides is 1. The Bertz CT molecular complexity index is 1070. The molecule has 2 aliphatic heterocycles. The molecule has 4 atom stereocenters. The zero-order valence-electron chi connectivity index (χ0n) is 18.7. The topological polar surface area (TPSA) is 50.4 Å². The predicted octanol–water partition coefficient (Wildman–Crippen LogP) is 5.50. The Balaban J connectivity index is 1.63. The van der Waals surface area contributed by atoms with E-state index in [9.17, 15) is 31.1 Å². The maximum atomic E-state index is 13.3. The average molecular weight is 498 g/mol. The fourth-order valence-corrected chi connectivity index (χ4v) is 4.47. The summed E-state index contributed by atoms with van der Waals surface area (Å²) in [5, 5.41) is 6.39. The highest BCUT2D eigenvalue weighted by atomic mass is 19.4. The zero-order chi connectivity index (χ0) is 25.4. The number of hydrogen-bond acceptors (Lipinski definition) is 3. The van der Waals surface area contributed by atoms with Crippen molar-refractivity contribution >= 4 is 5.91 Å². The van der Waals surface area contributed by atoms with Crippen LogP contribution in [0.2, 0.25) is 0 Å². The molecule has 2 aromatic carbocycles. The molecule has 2 heterocycles. The van der Waals surface area contributed by atoms with Crippen LogP contribution in [0.1, 0.15) is 48.1 Å². The summed E-state index contributed by atoms with van der Waals surface area (Å²) in [6, 6.07) is 10.4. The molecule has 1 fully saturated rings. The quantitative estimate of drug-likeness (QED) is 0.423. The number of rotatable bonds is 5. The number of hydrogen-bond donors (Lipinski definition) is 2. The predicted molar refractivity (Wildman–Crippen MR) is 116 cm³/mol. The highest BCUT2D eigenvalue weighted by molar-refractivity contribution is 5.77. The molecule has 2 aromatic rings. The van der Waals surface area contributed by atoms with Gasteiger partial charge < -0.3 is 10.1 Å². The molecule has 0 aromatic heterocycles. The van der Waals surface area contributed by atoms with Crippen LogP contribution in [0.5, 0.6) is 0 Å². The Kier molecular flexibility index (Phi) is 6.72. The summed E-state index contributed by atoms with van der Waals surface area (Å²) in [4.78, 5) is 11.8. The van der Waals surface area contributed by atoms with E-state index in [2.05, 4.69) is 10.6 Å². The van der Waals surface area contributed by atoms with Crippen LogP contribution in [-0.2, 0) is 27.4 Å². The van der Waals surface area contributed by atoms with Gasteiger partial charge in [-0.2, -0.15) is 26.3 Å². The van der Waals surface area contributed by atoms with Gasteiger partial charge in [0.15, 0.2) is 0 Å². The van der Waals surface area contributed by atoms with Crippen molar-refractivity contribution in [3.8, 4) is 0 Å². The number of alkyl halides is 6. The number of benzene rings is 2. The number of fused-ring (bicyclic) bond motifs is 1. The molecule has 4 rings (SSSR count). The Labute approximate surface area is 198 Å². The molecule has 35 heavy (non-hydrogen) atoms. The number of ether oxygens (including phenoxy) is 1. The second kappa shape index (κ2) is 9.31. The van der Waals surface area contributed by atoms with Crippen LogP contribution in [0.25, 0.3) is 0 Å². The van der Waals surface area contributed by atoms with Gasteiger partial charge in [0.2, 0.25) is 5.91 Å². The Morgan fingerprint density at radius 1 is 1.03 bits per heavy atom. The first-order valence-corrected chi connectivity index (χ1v) is 11.1. The summed E-state index contributed by atoms with van der Waals surface area (Å²) in [5.41, 5.74) is -3.05. The van der Waals surface area contributed by atoms with Crippen LogP contribution in [0, 0.1) is 0 Å². The maximum absolute atomic E-state index is 13.3. The average Bonchev–Trinajstić information content (AvgIpc) is 2.81. The lowest BCUT2D eigenvalue weighted by molar-refractivity contribution is -0.143. The van der Waals surface area contributed by atoms with Gasteiger partial charge in [0.1, 0.15) is 0 Å². The van der Waals surface area contributed by atoms with E-state index in [1.807, 2.05) is 42.5 Å². The van der Waals surface area contributed by atoms with E-state index in [-0.39, 0.29) is 36.2 Å². The number of carbonyl (C=O) groups excluding carboxylic acids is 1. The Morgan fingerprint density at radius 3 is 2.26 bits per heavy atom. The molecule has 10 heteroatoms. The van der Waals surface area contributed by atoms with Gasteiger partial charge in [-0.15, -0.1) is 0 Å². The van der Waals surface area contributed by atoms with Crippen molar-refractivity contribution in [2.24, 2.45) is 0 Å². The third-order valence-electron chi connectivity index (χ3n) is 6.40. The van der Waals surface area contributed by atoms with E-state index in [1.165, 1.54) is 6.92 Å². The van der Waals surface area contributed by atoms with Crippen LogP contribution in [0.3, 0.4) is 0 Å². The van der Waals surface area contributed by atoms with Crippen molar-refractivity contribution in [2.45, 2.75) is 55.8 Å². The van der Waals surface area contributed by atoms with E-state index >= 15 is 0 Å². The zero-order valence-corrected chi connectivity index (χ0v) is 18.7. The molecule has 1 saturated heterocycles. The largest absolute Gasteiger partial charge is 0.416 e. The van der Waals surface area contributed by atoms with Gasteiger partial charge in [-0.3, -0.25) is 10.1 Å². The molecule has 1 amide bonds. The summed E-state index contributed by atoms with van der Waals surface area (Å²) < 4.78 is 85.6. The smallest absolute Gasteiger partial charge is 0.371 e. The number of carbonyl (C=O) groups is 1. The fraction of sp³-hybridized carbons (Fsp3) is 0.400. The standard InChI is InChI=1S/C25H24F6N2O2/c1-15(16-11-18(24(26,27)28)13-19(12-16)25(29,30)31)35-14-23(17-5-3-2-4-6-17)10-9-20-21(33-23)7-8-22(34)32-20/h2-6,9-13,15,20-21,33H,7-8,14H2,1H3,(H,32,34)/t15-,20?,21?,23-/m1/s1. The lowest BCUT2D eigenvalue weighted by Gasteiger charge is -2.44. The van der Waals surface area contributed by atoms with Gasteiger partial charge >= 0.3 is 12.4 Å². The minimum absolute atomic E-state index is 0.0521. The van der Waals surface area contributed by atoms with Crippen molar-refractivity contribution in [1.29, 1.82) is 0 Å². The molecule has 188 valence electrons. The maximum Gasteiger partial charge on any atom is 0.416 e. The van der Waals surface area contributed by atoms with E-state index in [0.29, 0.717) is 25.0 Å². The van der Waals surface area contributed by atoms with Crippen molar-refractivity contribution in [3.63, 3.8) is 0 Å². The summed E-state index contributed by atoms with van der Waals surface area (Å²) >= 11 is 0. The second-order valence-electron chi connectivity index (χ2n) is 8.87. The summed E-state index contributed by atoms with van der Waals surface area (Å²) in [5.74, 6) is -0.0557. The van der Waals surface area contributed by atoms with Crippen molar-refractivity contribution in [3.05, 3.63) is 82.9 Å². The summed E-state index contributed by atoms with van der Waals surface area (Å²) in [6.45, 7) is 1.37. The Morgan fingerprint density at radius 2 is 1.66 bits per heavy atom. The van der Waals surface area contributed by atoms with E-state index in [1.54, 1.807) is 0 Å². The lowest BCUT2D eigenvalue weighted by Crippen LogP contribution is -2.62. The molecule has 2 aliphatic rings. The van der Waals surface area contributed by atoms with Gasteiger partial charge in [0.25, 0.3) is 0 Å². The van der Waals surface area contributed by atoms with Crippen molar-refractivity contribution in [1.82, 2.24) is 10.6 Å². The van der Waals surface area contributed by atoms with E-state index in [0.717, 1.165) is 5.56 Å².